The fourth-order valence-corrected chi connectivity index (χ4v) is 0.845. The van der Waals surface area contributed by atoms with E-state index >= 15 is 0 Å². The number of carbonyl (C=O) groups excluding carboxylic acids is 1. The van der Waals surface area contributed by atoms with E-state index in [-0.39, 0.29) is 5.91 Å². The van der Waals surface area contributed by atoms with Gasteiger partial charge < -0.3 is 10.4 Å². The predicted molar refractivity (Wildman–Crippen MR) is 48.7 cm³/mol. The van der Waals surface area contributed by atoms with Crippen LogP contribution in [-0.2, 0) is 4.79 Å². The molecule has 0 fully saturated rings. The minimum atomic E-state index is -1.17. The zero-order valence-corrected chi connectivity index (χ0v) is 7.66. The Hall–Kier alpha value is -1.34. The Kier molecular flexibility index (Phi) is 5.57. The molecule has 0 aromatic carbocycles. The standard InChI is InChI=1S/C9H14N2O2/c1-3-5-7(8(12)6-10)11-9(13)4-2/h3,7-8,12H,1,4-5H2,2H3,(H,11,13). The number of hydrogen-bond acceptors (Lipinski definition) is 3. The first kappa shape index (κ1) is 11.7. The lowest BCUT2D eigenvalue weighted by Crippen LogP contribution is -2.42. The lowest BCUT2D eigenvalue weighted by atomic mass is 10.1. The van der Waals surface area contributed by atoms with Crippen LogP contribution in [0.5, 0.6) is 0 Å². The van der Waals surface area contributed by atoms with Crippen LogP contribution in [-0.4, -0.2) is 23.2 Å². The molecule has 0 spiro atoms. The van der Waals surface area contributed by atoms with Crippen LogP contribution in [0.15, 0.2) is 12.7 Å². The topological polar surface area (TPSA) is 73.1 Å². The minimum Gasteiger partial charge on any atom is -0.376 e. The summed E-state index contributed by atoms with van der Waals surface area (Å²) in [5.74, 6) is -0.179. The Morgan fingerprint density at radius 1 is 1.85 bits per heavy atom. The number of carbonyl (C=O) groups is 1. The minimum absolute atomic E-state index is 0.179. The van der Waals surface area contributed by atoms with Crippen LogP contribution in [0.25, 0.3) is 0 Å². The first-order valence-electron chi connectivity index (χ1n) is 4.13. The highest BCUT2D eigenvalue weighted by Gasteiger charge is 2.18. The van der Waals surface area contributed by atoms with Crippen molar-refractivity contribution >= 4 is 5.91 Å². The van der Waals surface area contributed by atoms with Crippen LogP contribution in [0.2, 0.25) is 0 Å². The number of nitrogens with zero attached hydrogens (tertiary/aromatic N) is 1. The first-order chi connectivity index (χ1) is 6.15. The van der Waals surface area contributed by atoms with Crippen LogP contribution >= 0.6 is 0 Å². The van der Waals surface area contributed by atoms with E-state index in [0.29, 0.717) is 12.8 Å². The Morgan fingerprint density at radius 2 is 2.46 bits per heavy atom. The lowest BCUT2D eigenvalue weighted by Gasteiger charge is -2.17. The van der Waals surface area contributed by atoms with Crippen LogP contribution in [0.1, 0.15) is 19.8 Å². The summed E-state index contributed by atoms with van der Waals surface area (Å²) in [5, 5.41) is 20.1. The smallest absolute Gasteiger partial charge is 0.220 e. The Bertz CT molecular complexity index is 220. The molecule has 4 heteroatoms. The third-order valence-electron chi connectivity index (χ3n) is 1.60. The van der Waals surface area contributed by atoms with Crippen molar-refractivity contribution in [1.29, 1.82) is 5.26 Å². The number of nitrogens with one attached hydrogen (secondary N) is 1. The van der Waals surface area contributed by atoms with Crippen molar-refractivity contribution in [3.63, 3.8) is 0 Å². The molecule has 0 heterocycles. The molecule has 0 aliphatic carbocycles. The molecule has 2 N–H and O–H groups in total. The van der Waals surface area contributed by atoms with E-state index in [1.165, 1.54) is 0 Å². The Morgan fingerprint density at radius 3 is 2.85 bits per heavy atom. The van der Waals surface area contributed by atoms with Gasteiger partial charge in [0.2, 0.25) is 5.91 Å². The normalized spacial score (nSPS) is 13.9. The molecule has 0 rings (SSSR count). The molecule has 0 aliphatic rings. The summed E-state index contributed by atoms with van der Waals surface area (Å²) in [5.41, 5.74) is 0. The molecule has 4 nitrogen and oxygen atoms in total. The average molecular weight is 182 g/mol. The highest BCUT2D eigenvalue weighted by atomic mass is 16.3. The molecular formula is C9H14N2O2. The van der Waals surface area contributed by atoms with Gasteiger partial charge in [-0.05, 0) is 6.42 Å². The van der Waals surface area contributed by atoms with Crippen molar-refractivity contribution in [3.8, 4) is 6.07 Å². The van der Waals surface area contributed by atoms with Gasteiger partial charge in [0.25, 0.3) is 0 Å². The number of hydrogen-bond donors (Lipinski definition) is 2. The van der Waals surface area contributed by atoms with Gasteiger partial charge in [-0.1, -0.05) is 13.0 Å². The lowest BCUT2D eigenvalue weighted by molar-refractivity contribution is -0.122. The molecule has 0 aromatic rings. The number of rotatable bonds is 5. The molecule has 0 aromatic heterocycles. The van der Waals surface area contributed by atoms with E-state index in [0.717, 1.165) is 0 Å². The molecule has 13 heavy (non-hydrogen) atoms. The van der Waals surface area contributed by atoms with Crippen LogP contribution in [0.3, 0.4) is 0 Å². The van der Waals surface area contributed by atoms with E-state index in [1.807, 2.05) is 0 Å². The maximum atomic E-state index is 11.0. The number of aliphatic hydroxyl groups is 1. The van der Waals surface area contributed by atoms with Crippen LogP contribution < -0.4 is 5.32 Å². The second kappa shape index (κ2) is 6.21. The summed E-state index contributed by atoms with van der Waals surface area (Å²) < 4.78 is 0. The molecule has 0 saturated heterocycles. The highest BCUT2D eigenvalue weighted by molar-refractivity contribution is 5.75. The Labute approximate surface area is 77.9 Å². The number of aliphatic hydroxyl groups excluding tert-OH is 1. The summed E-state index contributed by atoms with van der Waals surface area (Å²) in [6, 6.07) is 1.13. The van der Waals surface area contributed by atoms with Crippen molar-refractivity contribution in [2.45, 2.75) is 31.9 Å². The summed E-state index contributed by atoms with van der Waals surface area (Å²) in [6.07, 6.45) is 1.11. The summed E-state index contributed by atoms with van der Waals surface area (Å²) in [7, 11) is 0. The van der Waals surface area contributed by atoms with Gasteiger partial charge in [-0.2, -0.15) is 5.26 Å². The van der Waals surface area contributed by atoms with Crippen molar-refractivity contribution in [2.24, 2.45) is 0 Å². The molecular weight excluding hydrogens is 168 g/mol. The molecule has 2 atom stereocenters. The monoisotopic (exact) mass is 182 g/mol. The van der Waals surface area contributed by atoms with E-state index in [9.17, 15) is 4.79 Å². The average Bonchev–Trinajstić information content (AvgIpc) is 2.15. The fourth-order valence-electron chi connectivity index (χ4n) is 0.845. The first-order valence-corrected chi connectivity index (χ1v) is 4.13. The summed E-state index contributed by atoms with van der Waals surface area (Å²) >= 11 is 0. The molecule has 0 radical (unpaired) electrons. The van der Waals surface area contributed by atoms with E-state index in [2.05, 4.69) is 11.9 Å². The van der Waals surface area contributed by atoms with E-state index in [4.69, 9.17) is 10.4 Å². The zero-order valence-electron chi connectivity index (χ0n) is 7.66. The molecule has 72 valence electrons. The second-order valence-electron chi connectivity index (χ2n) is 2.63. The van der Waals surface area contributed by atoms with Gasteiger partial charge in [-0.15, -0.1) is 6.58 Å². The van der Waals surface area contributed by atoms with Gasteiger partial charge in [0.15, 0.2) is 6.10 Å². The van der Waals surface area contributed by atoms with Gasteiger partial charge in [0.1, 0.15) is 0 Å². The molecule has 0 bridgehead atoms. The van der Waals surface area contributed by atoms with Gasteiger partial charge in [-0.3, -0.25) is 4.79 Å². The third-order valence-corrected chi connectivity index (χ3v) is 1.60. The van der Waals surface area contributed by atoms with Crippen molar-refractivity contribution in [1.82, 2.24) is 5.32 Å². The fraction of sp³-hybridized carbons (Fsp3) is 0.556. The molecule has 0 aliphatic heterocycles. The van der Waals surface area contributed by atoms with Gasteiger partial charge in [-0.25, -0.2) is 0 Å². The maximum Gasteiger partial charge on any atom is 0.220 e. The maximum absolute atomic E-state index is 11.0. The van der Waals surface area contributed by atoms with E-state index in [1.54, 1.807) is 19.1 Å². The van der Waals surface area contributed by atoms with Gasteiger partial charge in [0, 0.05) is 6.42 Å². The van der Waals surface area contributed by atoms with E-state index < -0.39 is 12.1 Å². The van der Waals surface area contributed by atoms with Crippen molar-refractivity contribution in [2.75, 3.05) is 0 Å². The highest BCUT2D eigenvalue weighted by Crippen LogP contribution is 1.99. The zero-order chi connectivity index (χ0) is 10.3. The number of amides is 1. The quantitative estimate of drug-likeness (QED) is 0.475. The molecule has 0 saturated carbocycles. The molecule has 1 amide bonds. The van der Waals surface area contributed by atoms with Gasteiger partial charge in [0.05, 0.1) is 12.1 Å². The molecule has 2 unspecified atom stereocenters. The Balaban J connectivity index is 4.18. The van der Waals surface area contributed by atoms with Gasteiger partial charge >= 0.3 is 0 Å². The van der Waals surface area contributed by atoms with Crippen molar-refractivity contribution < 1.29 is 9.90 Å². The number of nitriles is 1. The second-order valence-corrected chi connectivity index (χ2v) is 2.63. The van der Waals surface area contributed by atoms with Crippen molar-refractivity contribution in [3.05, 3.63) is 12.7 Å². The van der Waals surface area contributed by atoms with Crippen LogP contribution in [0, 0.1) is 11.3 Å². The largest absolute Gasteiger partial charge is 0.376 e. The summed E-state index contributed by atoms with van der Waals surface area (Å²) in [6.45, 7) is 5.19. The third kappa shape index (κ3) is 4.28. The predicted octanol–water partition coefficient (Wildman–Crippen LogP) is 0.342. The summed E-state index contributed by atoms with van der Waals surface area (Å²) in [4.78, 5) is 11.0. The SMILES string of the molecule is C=CCC(NC(=O)CC)C(O)C#N. The van der Waals surface area contributed by atoms with Crippen LogP contribution in [0.4, 0.5) is 0 Å².